The number of benzene rings is 2. The molecule has 42 heavy (non-hydrogen) atoms. The van der Waals surface area contributed by atoms with Crippen LogP contribution in [0, 0.1) is 5.92 Å². The molecule has 12 heteroatoms. The standard InChI is InChI=1S/C30H36N6O5S/c1-16(2)26(29(39)35-25(15-42)30(40)41)36-28(38)24(12-18-14-33-23-10-6-4-8-20(18)23)34-27(37)21(31)11-17-13-32-22-9-5-3-7-19(17)22/h3-10,13-14,16,21,24-26,32-33,42H,11-12,15,31H2,1-2H3,(H,34,37)(H,35,39)(H,36,38)(H,40,41). The summed E-state index contributed by atoms with van der Waals surface area (Å²) in [6.45, 7) is 3.46. The molecule has 0 aliphatic heterocycles. The number of aliphatic carboxylic acids is 1. The van der Waals surface area contributed by atoms with E-state index in [9.17, 15) is 24.3 Å². The second-order valence-corrected chi connectivity index (χ2v) is 11.0. The summed E-state index contributed by atoms with van der Waals surface area (Å²) in [5.74, 6) is -3.51. The van der Waals surface area contributed by atoms with E-state index in [0.29, 0.717) is 0 Å². The van der Waals surface area contributed by atoms with Crippen LogP contribution < -0.4 is 21.7 Å². The largest absolute Gasteiger partial charge is 0.480 e. The van der Waals surface area contributed by atoms with E-state index in [1.807, 2.05) is 54.7 Å². The minimum Gasteiger partial charge on any atom is -0.480 e. The molecule has 0 spiro atoms. The summed E-state index contributed by atoms with van der Waals surface area (Å²) < 4.78 is 0. The topological polar surface area (TPSA) is 182 Å². The van der Waals surface area contributed by atoms with Crippen LogP contribution in [-0.2, 0) is 32.0 Å². The third kappa shape index (κ3) is 7.12. The van der Waals surface area contributed by atoms with Crippen LogP contribution >= 0.6 is 12.6 Å². The van der Waals surface area contributed by atoms with Crippen molar-refractivity contribution in [1.82, 2.24) is 25.9 Å². The number of rotatable bonds is 13. The number of carbonyl (C=O) groups is 4. The molecule has 8 N–H and O–H groups in total. The number of hydrogen-bond acceptors (Lipinski definition) is 6. The maximum atomic E-state index is 13.7. The van der Waals surface area contributed by atoms with Crippen LogP contribution in [-0.4, -0.2) is 68.7 Å². The monoisotopic (exact) mass is 592 g/mol. The highest BCUT2D eigenvalue weighted by Crippen LogP contribution is 2.21. The smallest absolute Gasteiger partial charge is 0.327 e. The van der Waals surface area contributed by atoms with Crippen molar-refractivity contribution in [1.29, 1.82) is 0 Å². The van der Waals surface area contributed by atoms with E-state index in [1.54, 1.807) is 20.0 Å². The Labute approximate surface area is 248 Å². The average molecular weight is 593 g/mol. The molecular weight excluding hydrogens is 556 g/mol. The van der Waals surface area contributed by atoms with Crippen molar-refractivity contribution in [2.45, 2.75) is 50.9 Å². The highest BCUT2D eigenvalue weighted by Gasteiger charge is 2.32. The number of amides is 3. The summed E-state index contributed by atoms with van der Waals surface area (Å²) in [5, 5.41) is 19.1. The molecule has 0 aliphatic rings. The van der Waals surface area contributed by atoms with E-state index in [2.05, 4.69) is 38.5 Å². The summed E-state index contributed by atoms with van der Waals surface area (Å²) in [5.41, 5.74) is 9.79. The van der Waals surface area contributed by atoms with Gasteiger partial charge >= 0.3 is 5.97 Å². The Balaban J connectivity index is 1.54. The zero-order chi connectivity index (χ0) is 30.4. The Morgan fingerprint density at radius 1 is 0.786 bits per heavy atom. The Morgan fingerprint density at radius 3 is 1.83 bits per heavy atom. The first-order valence-corrected chi connectivity index (χ1v) is 14.3. The number of carboxylic acids is 1. The predicted octanol–water partition coefficient (Wildman–Crippen LogP) is 1.89. The number of aromatic nitrogens is 2. The van der Waals surface area contributed by atoms with Gasteiger partial charge in [-0.25, -0.2) is 4.79 Å². The first kappa shape index (κ1) is 30.7. The van der Waals surface area contributed by atoms with Gasteiger partial charge in [-0.1, -0.05) is 50.2 Å². The van der Waals surface area contributed by atoms with Gasteiger partial charge < -0.3 is 36.8 Å². The number of H-pyrrole nitrogens is 2. The number of aromatic amines is 2. The van der Waals surface area contributed by atoms with Gasteiger partial charge in [-0.05, 0) is 35.6 Å². The van der Waals surface area contributed by atoms with Gasteiger partial charge in [-0.15, -0.1) is 0 Å². The van der Waals surface area contributed by atoms with E-state index < -0.39 is 47.9 Å². The zero-order valence-electron chi connectivity index (χ0n) is 23.4. The summed E-state index contributed by atoms with van der Waals surface area (Å²) in [4.78, 5) is 57.8. The van der Waals surface area contributed by atoms with E-state index in [1.165, 1.54) is 0 Å². The summed E-state index contributed by atoms with van der Waals surface area (Å²) in [6.07, 6.45) is 3.96. The number of thiol groups is 1. The van der Waals surface area contributed by atoms with Gasteiger partial charge in [0.25, 0.3) is 0 Å². The number of para-hydroxylation sites is 2. The maximum Gasteiger partial charge on any atom is 0.327 e. The van der Waals surface area contributed by atoms with Crippen LogP contribution in [0.3, 0.4) is 0 Å². The number of nitrogens with two attached hydrogens (primary N) is 1. The molecule has 0 saturated heterocycles. The van der Waals surface area contributed by atoms with Crippen molar-refractivity contribution in [3.8, 4) is 0 Å². The lowest BCUT2D eigenvalue weighted by Gasteiger charge is -2.27. The van der Waals surface area contributed by atoms with E-state index in [4.69, 9.17) is 5.73 Å². The number of hydrogen-bond donors (Lipinski definition) is 8. The molecule has 222 valence electrons. The molecule has 4 aromatic rings. The molecule has 11 nitrogen and oxygen atoms in total. The highest BCUT2D eigenvalue weighted by atomic mass is 32.1. The molecule has 0 bridgehead atoms. The Kier molecular flexibility index (Phi) is 9.92. The highest BCUT2D eigenvalue weighted by molar-refractivity contribution is 7.80. The lowest BCUT2D eigenvalue weighted by molar-refractivity contribution is -0.142. The van der Waals surface area contributed by atoms with Crippen molar-refractivity contribution in [3.05, 3.63) is 72.1 Å². The van der Waals surface area contributed by atoms with Gasteiger partial charge in [0, 0.05) is 46.4 Å². The summed E-state index contributed by atoms with van der Waals surface area (Å²) in [7, 11) is 0. The summed E-state index contributed by atoms with van der Waals surface area (Å²) >= 11 is 3.99. The van der Waals surface area contributed by atoms with Crippen molar-refractivity contribution in [2.75, 3.05) is 5.75 Å². The Morgan fingerprint density at radius 2 is 1.31 bits per heavy atom. The van der Waals surface area contributed by atoms with Gasteiger partial charge in [0.1, 0.15) is 18.1 Å². The van der Waals surface area contributed by atoms with E-state index >= 15 is 0 Å². The van der Waals surface area contributed by atoms with Gasteiger partial charge in [0.15, 0.2) is 0 Å². The first-order valence-electron chi connectivity index (χ1n) is 13.7. The molecule has 0 saturated carbocycles. The SMILES string of the molecule is CC(C)C(NC(=O)C(Cc1c[nH]c2ccccc12)NC(=O)C(N)Cc1c[nH]c2ccccc12)C(=O)NC(CS)C(=O)O. The van der Waals surface area contributed by atoms with Crippen molar-refractivity contribution < 1.29 is 24.3 Å². The molecule has 0 fully saturated rings. The van der Waals surface area contributed by atoms with Crippen molar-refractivity contribution in [2.24, 2.45) is 11.7 Å². The molecular formula is C30H36N6O5S. The molecule has 2 aromatic carbocycles. The molecule has 2 heterocycles. The van der Waals surface area contributed by atoms with Gasteiger partial charge in [0.05, 0.1) is 6.04 Å². The molecule has 4 rings (SSSR count). The fraction of sp³-hybridized carbons (Fsp3) is 0.333. The van der Waals surface area contributed by atoms with Crippen LogP contribution in [0.5, 0.6) is 0 Å². The van der Waals surface area contributed by atoms with Crippen LogP contribution in [0.2, 0.25) is 0 Å². The maximum absolute atomic E-state index is 13.7. The fourth-order valence-electron chi connectivity index (χ4n) is 4.87. The van der Waals surface area contributed by atoms with Gasteiger partial charge in [-0.3, -0.25) is 14.4 Å². The van der Waals surface area contributed by atoms with Crippen LogP contribution in [0.4, 0.5) is 0 Å². The zero-order valence-corrected chi connectivity index (χ0v) is 24.3. The van der Waals surface area contributed by atoms with Crippen LogP contribution in [0.25, 0.3) is 21.8 Å². The van der Waals surface area contributed by atoms with E-state index in [-0.39, 0.29) is 24.5 Å². The third-order valence-electron chi connectivity index (χ3n) is 7.23. The van der Waals surface area contributed by atoms with E-state index in [0.717, 1.165) is 32.9 Å². The second kappa shape index (κ2) is 13.6. The van der Waals surface area contributed by atoms with Crippen molar-refractivity contribution in [3.63, 3.8) is 0 Å². The minimum atomic E-state index is -1.24. The Hall–Kier alpha value is -4.29. The lowest BCUT2D eigenvalue weighted by Crippen LogP contribution is -2.59. The fourth-order valence-corrected chi connectivity index (χ4v) is 5.12. The first-order chi connectivity index (χ1) is 20.1. The van der Waals surface area contributed by atoms with Crippen molar-refractivity contribution >= 4 is 58.1 Å². The molecule has 0 radical (unpaired) electrons. The molecule has 4 unspecified atom stereocenters. The third-order valence-corrected chi connectivity index (χ3v) is 7.59. The normalized spacial score (nSPS) is 14.3. The van der Waals surface area contributed by atoms with Crippen LogP contribution in [0.1, 0.15) is 25.0 Å². The predicted molar refractivity (Wildman–Crippen MR) is 164 cm³/mol. The number of carbonyl (C=O) groups excluding carboxylic acids is 3. The lowest BCUT2D eigenvalue weighted by atomic mass is 9.99. The number of carboxylic acid groups (broad SMARTS) is 1. The second-order valence-electron chi connectivity index (χ2n) is 10.6. The average Bonchev–Trinajstić information content (AvgIpc) is 3.57. The Bertz CT molecular complexity index is 1580. The number of nitrogens with one attached hydrogen (secondary N) is 5. The number of fused-ring (bicyclic) bond motifs is 2. The van der Waals surface area contributed by atoms with Crippen LogP contribution in [0.15, 0.2) is 60.9 Å². The van der Waals surface area contributed by atoms with Gasteiger partial charge in [0.2, 0.25) is 17.7 Å². The molecule has 2 aromatic heterocycles. The molecule has 0 aliphatic carbocycles. The quantitative estimate of drug-likeness (QED) is 0.110. The summed E-state index contributed by atoms with van der Waals surface area (Å²) in [6, 6.07) is 11.0. The minimum absolute atomic E-state index is 0.118. The molecule has 4 atom stereocenters. The molecule has 3 amide bonds. The van der Waals surface area contributed by atoms with Gasteiger partial charge in [-0.2, -0.15) is 12.6 Å².